The first-order valence-corrected chi connectivity index (χ1v) is 7.45. The van der Waals surface area contributed by atoms with Gasteiger partial charge >= 0.3 is 0 Å². The Balaban J connectivity index is 2.30. The summed E-state index contributed by atoms with van der Waals surface area (Å²) in [5.74, 6) is 0.335. The molecule has 2 rings (SSSR count). The summed E-state index contributed by atoms with van der Waals surface area (Å²) in [5.41, 5.74) is 8.24. The lowest BCUT2D eigenvalue weighted by molar-refractivity contribution is -0.370. The maximum atomic E-state index is 5.96. The fraction of sp³-hybridized carbons (Fsp3) is 0.333. The van der Waals surface area contributed by atoms with Gasteiger partial charge in [0.2, 0.25) is 0 Å². The van der Waals surface area contributed by atoms with Gasteiger partial charge in [0.1, 0.15) is 0 Å². The van der Waals surface area contributed by atoms with E-state index in [1.54, 1.807) is 0 Å². The second kappa shape index (κ2) is 5.99. The monoisotopic (exact) mass is 288 g/mol. The Kier molecular flexibility index (Phi) is 4.52. The Hall–Kier alpha value is -1.31. The van der Waals surface area contributed by atoms with E-state index in [1.165, 1.54) is 16.7 Å². The van der Waals surface area contributed by atoms with Crippen molar-refractivity contribution in [1.82, 2.24) is 0 Å². The first kappa shape index (κ1) is 15.1. The zero-order chi connectivity index (χ0) is 14.8. The summed E-state index contributed by atoms with van der Waals surface area (Å²) in [6.07, 6.45) is 0. The third-order valence-electron chi connectivity index (χ3n) is 3.74. The first-order chi connectivity index (χ1) is 9.41. The molecule has 0 heterocycles. The summed E-state index contributed by atoms with van der Waals surface area (Å²) >= 11 is 5.96. The molecule has 0 radical (unpaired) electrons. The molecule has 0 saturated heterocycles. The molecule has 20 heavy (non-hydrogen) atoms. The Morgan fingerprint density at radius 3 is 1.75 bits per heavy atom. The number of hydrogen-bond acceptors (Lipinski definition) is 0. The van der Waals surface area contributed by atoms with Crippen molar-refractivity contribution in [3.63, 3.8) is 0 Å². The predicted molar refractivity (Wildman–Crippen MR) is 86.2 cm³/mol. The topological polar surface area (TPSA) is 27.6 Å². The van der Waals surface area contributed by atoms with Crippen molar-refractivity contribution >= 4 is 11.6 Å². The van der Waals surface area contributed by atoms with E-state index < -0.39 is 0 Å². The van der Waals surface area contributed by atoms with Crippen LogP contribution >= 0.6 is 11.6 Å². The molecule has 0 unspecified atom stereocenters. The first-order valence-electron chi connectivity index (χ1n) is 7.07. The fourth-order valence-corrected chi connectivity index (χ4v) is 2.56. The third kappa shape index (κ3) is 3.41. The van der Waals surface area contributed by atoms with Gasteiger partial charge in [-0.25, -0.2) is 0 Å². The summed E-state index contributed by atoms with van der Waals surface area (Å²) in [4.78, 5) is 0. The second-order valence-corrected chi connectivity index (χ2v) is 6.70. The average Bonchev–Trinajstić information content (AvgIpc) is 2.41. The Morgan fingerprint density at radius 2 is 1.35 bits per heavy atom. The molecule has 0 bridgehead atoms. The van der Waals surface area contributed by atoms with Gasteiger partial charge in [0.25, 0.3) is 0 Å². The van der Waals surface area contributed by atoms with Gasteiger partial charge in [-0.15, -0.1) is 0 Å². The molecule has 0 aliphatic carbocycles. The predicted octanol–water partition coefficient (Wildman–Crippen LogP) is 4.01. The molecule has 106 valence electrons. The number of hydrogen-bond donors (Lipinski definition) is 1. The maximum absolute atomic E-state index is 5.96. The lowest BCUT2D eigenvalue weighted by atomic mass is 9.84. The van der Waals surface area contributed by atoms with Crippen LogP contribution in [0.3, 0.4) is 0 Å². The third-order valence-corrected chi connectivity index (χ3v) is 3.99. The summed E-state index contributed by atoms with van der Waals surface area (Å²) in [5, 5.41) is 0.777. The molecule has 0 amide bonds. The fourth-order valence-electron chi connectivity index (χ4n) is 2.44. The van der Waals surface area contributed by atoms with Gasteiger partial charge in [-0.3, -0.25) is 0 Å². The van der Waals surface area contributed by atoms with Crippen LogP contribution in [0.5, 0.6) is 0 Å². The van der Waals surface area contributed by atoms with Crippen LogP contribution in [0.15, 0.2) is 48.5 Å². The van der Waals surface area contributed by atoms with Crippen LogP contribution in [0.2, 0.25) is 5.02 Å². The molecule has 0 saturated carbocycles. The highest BCUT2D eigenvalue weighted by molar-refractivity contribution is 6.30. The van der Waals surface area contributed by atoms with Crippen LogP contribution in [-0.2, 0) is 5.41 Å². The molecule has 2 aromatic rings. The van der Waals surface area contributed by atoms with E-state index in [2.05, 4.69) is 62.9 Å². The van der Waals surface area contributed by atoms with Crippen molar-refractivity contribution < 1.29 is 5.73 Å². The summed E-state index contributed by atoms with van der Waals surface area (Å²) in [7, 11) is 0. The lowest BCUT2D eigenvalue weighted by Gasteiger charge is -2.20. The standard InChI is InChI=1S/C18H22ClN/c1-18(2,3)15-8-4-13(5-9-15)17(12-20)14-6-10-16(19)11-7-14/h4-11,17H,12,20H2,1-3H3/p+1/t17-/m1/s1. The van der Waals surface area contributed by atoms with Crippen LogP contribution in [0.4, 0.5) is 0 Å². The van der Waals surface area contributed by atoms with Gasteiger partial charge < -0.3 is 5.73 Å². The molecule has 0 aromatic heterocycles. The van der Waals surface area contributed by atoms with E-state index in [9.17, 15) is 0 Å². The minimum absolute atomic E-state index is 0.193. The van der Waals surface area contributed by atoms with E-state index in [0.717, 1.165) is 11.6 Å². The Morgan fingerprint density at radius 1 is 0.900 bits per heavy atom. The van der Waals surface area contributed by atoms with Crippen molar-refractivity contribution in [1.29, 1.82) is 0 Å². The average molecular weight is 289 g/mol. The quantitative estimate of drug-likeness (QED) is 0.884. The Bertz CT molecular complexity index is 549. The molecule has 0 aliphatic heterocycles. The smallest absolute Gasteiger partial charge is 0.0850 e. The van der Waals surface area contributed by atoms with E-state index in [-0.39, 0.29) is 5.41 Å². The van der Waals surface area contributed by atoms with Gasteiger partial charge in [-0.2, -0.15) is 0 Å². The zero-order valence-electron chi connectivity index (χ0n) is 12.5. The summed E-state index contributed by atoms with van der Waals surface area (Å²) in [6, 6.07) is 17.0. The van der Waals surface area contributed by atoms with Gasteiger partial charge in [0.05, 0.1) is 12.5 Å². The van der Waals surface area contributed by atoms with Crippen LogP contribution in [0.1, 0.15) is 43.4 Å². The molecule has 1 nitrogen and oxygen atoms in total. The normalized spacial score (nSPS) is 13.2. The summed E-state index contributed by atoms with van der Waals surface area (Å²) < 4.78 is 0. The Labute approximate surface area is 126 Å². The molecule has 0 spiro atoms. The van der Waals surface area contributed by atoms with Gasteiger partial charge in [0.15, 0.2) is 0 Å². The largest absolute Gasteiger partial charge is 0.357 e. The van der Waals surface area contributed by atoms with Gasteiger partial charge in [0, 0.05) is 5.02 Å². The highest BCUT2D eigenvalue weighted by Gasteiger charge is 2.17. The molecule has 0 fully saturated rings. The highest BCUT2D eigenvalue weighted by Crippen LogP contribution is 2.28. The molecular formula is C18H23ClN+. The van der Waals surface area contributed by atoms with Crippen molar-refractivity contribution in [2.45, 2.75) is 32.1 Å². The SMILES string of the molecule is CC(C)(C)c1ccc([C@@H](C[NH3+])c2ccc(Cl)cc2)cc1. The lowest BCUT2D eigenvalue weighted by Crippen LogP contribution is -2.53. The van der Waals surface area contributed by atoms with Crippen LogP contribution in [-0.4, -0.2) is 6.54 Å². The molecular weight excluding hydrogens is 266 g/mol. The molecule has 3 N–H and O–H groups in total. The van der Waals surface area contributed by atoms with Crippen molar-refractivity contribution in [2.75, 3.05) is 6.54 Å². The van der Waals surface area contributed by atoms with E-state index in [0.29, 0.717) is 5.92 Å². The van der Waals surface area contributed by atoms with Gasteiger partial charge in [-0.1, -0.05) is 68.8 Å². The minimum atomic E-state index is 0.193. The van der Waals surface area contributed by atoms with E-state index in [1.807, 2.05) is 12.1 Å². The molecule has 2 aromatic carbocycles. The van der Waals surface area contributed by atoms with Crippen LogP contribution < -0.4 is 5.73 Å². The second-order valence-electron chi connectivity index (χ2n) is 6.26. The van der Waals surface area contributed by atoms with Crippen LogP contribution in [0.25, 0.3) is 0 Å². The number of quaternary nitrogens is 1. The van der Waals surface area contributed by atoms with Crippen molar-refractivity contribution in [3.8, 4) is 0 Å². The molecule has 2 heteroatoms. The minimum Gasteiger partial charge on any atom is -0.357 e. The van der Waals surface area contributed by atoms with Crippen molar-refractivity contribution in [3.05, 3.63) is 70.2 Å². The molecule has 1 atom stereocenters. The van der Waals surface area contributed by atoms with Crippen molar-refractivity contribution in [2.24, 2.45) is 0 Å². The number of rotatable bonds is 3. The zero-order valence-corrected chi connectivity index (χ0v) is 13.2. The van der Waals surface area contributed by atoms with E-state index >= 15 is 0 Å². The number of benzene rings is 2. The summed E-state index contributed by atoms with van der Waals surface area (Å²) in [6.45, 7) is 7.55. The highest BCUT2D eigenvalue weighted by atomic mass is 35.5. The van der Waals surface area contributed by atoms with Gasteiger partial charge in [-0.05, 0) is 34.2 Å². The maximum Gasteiger partial charge on any atom is 0.0850 e. The number of halogens is 1. The van der Waals surface area contributed by atoms with Crippen LogP contribution in [0, 0.1) is 0 Å². The van der Waals surface area contributed by atoms with E-state index in [4.69, 9.17) is 11.6 Å². The molecule has 0 aliphatic rings.